The number of fused-ring (bicyclic) bond motifs is 22. The zero-order valence-electron chi connectivity index (χ0n) is 22.6. The van der Waals surface area contributed by atoms with Crippen molar-refractivity contribution in [2.45, 2.75) is 17.6 Å². The van der Waals surface area contributed by atoms with E-state index in [0.29, 0.717) is 6.04 Å². The first-order chi connectivity index (χ1) is 20.9. The Morgan fingerprint density at radius 2 is 1.05 bits per heavy atom. The van der Waals surface area contributed by atoms with Crippen LogP contribution in [0.25, 0.3) is 55.1 Å². The predicted octanol–water partition coefficient (Wildman–Crippen LogP) is 8.86. The number of aromatic nitrogens is 3. The highest BCUT2D eigenvalue weighted by Crippen LogP contribution is 2.64. The Hall–Kier alpha value is -5.28. The van der Waals surface area contributed by atoms with Crippen molar-refractivity contribution >= 4 is 32.8 Å². The molecule has 4 heterocycles. The first-order valence-corrected chi connectivity index (χ1v) is 14.9. The molecule has 4 aliphatic rings. The molecule has 12 rings (SSSR count). The second kappa shape index (κ2) is 6.45. The molecule has 42 heavy (non-hydrogen) atoms. The summed E-state index contributed by atoms with van der Waals surface area (Å²) in [4.78, 5) is 0. The minimum Gasteiger partial charge on any atom is -0.315 e. The van der Waals surface area contributed by atoms with Gasteiger partial charge in [-0.2, -0.15) is 0 Å². The number of benzene rings is 6. The molecular weight excluding hydrogens is 510 g/mol. The van der Waals surface area contributed by atoms with Crippen LogP contribution in [0, 0.1) is 0 Å². The summed E-state index contributed by atoms with van der Waals surface area (Å²) >= 11 is 0. The van der Waals surface area contributed by atoms with Gasteiger partial charge in [0.05, 0.1) is 27.5 Å². The normalized spacial score (nSPS) is 19.1. The molecule has 3 nitrogen and oxygen atoms in total. The van der Waals surface area contributed by atoms with Crippen LogP contribution >= 0.6 is 0 Å². The Morgan fingerprint density at radius 1 is 0.452 bits per heavy atom. The van der Waals surface area contributed by atoms with Gasteiger partial charge in [-0.3, -0.25) is 9.36 Å². The smallest absolute Gasteiger partial charge is 0.152 e. The molecule has 0 radical (unpaired) electrons. The zero-order chi connectivity index (χ0) is 26.9. The van der Waals surface area contributed by atoms with Crippen molar-refractivity contribution in [3.05, 3.63) is 155 Å². The van der Waals surface area contributed by atoms with Crippen LogP contribution in [-0.2, 0) is 5.41 Å². The summed E-state index contributed by atoms with van der Waals surface area (Å²) < 4.78 is 7.68. The lowest BCUT2D eigenvalue weighted by atomic mass is 9.70. The molecule has 0 saturated carbocycles. The van der Waals surface area contributed by atoms with Crippen molar-refractivity contribution in [1.29, 1.82) is 0 Å². The van der Waals surface area contributed by atoms with Crippen molar-refractivity contribution in [3.8, 4) is 22.3 Å². The fraction of sp³-hybridized carbons (Fsp3) is 0.0769. The second-order valence-electron chi connectivity index (χ2n) is 12.5. The molecule has 2 aromatic heterocycles. The predicted molar refractivity (Wildman–Crippen MR) is 168 cm³/mol. The van der Waals surface area contributed by atoms with Gasteiger partial charge in [-0.05, 0) is 68.8 Å². The molecule has 1 spiro atoms. The van der Waals surface area contributed by atoms with E-state index in [9.17, 15) is 0 Å². The molecular formula is C39H23N3. The summed E-state index contributed by atoms with van der Waals surface area (Å²) in [6, 6.07) is 48.6. The van der Waals surface area contributed by atoms with Gasteiger partial charge in [0.15, 0.2) is 6.17 Å². The van der Waals surface area contributed by atoms with Gasteiger partial charge in [-0.25, -0.2) is 0 Å². The van der Waals surface area contributed by atoms with Crippen molar-refractivity contribution in [1.82, 2.24) is 13.9 Å². The van der Waals surface area contributed by atoms with Crippen LogP contribution in [0.15, 0.2) is 127 Å². The zero-order valence-corrected chi connectivity index (χ0v) is 22.6. The van der Waals surface area contributed by atoms with Crippen molar-refractivity contribution in [2.75, 3.05) is 0 Å². The molecule has 0 bridgehead atoms. The molecule has 2 unspecified atom stereocenters. The molecule has 194 valence electrons. The minimum absolute atomic E-state index is 0.276. The topological polar surface area (TPSA) is 14.8 Å². The van der Waals surface area contributed by atoms with Crippen LogP contribution < -0.4 is 0 Å². The van der Waals surface area contributed by atoms with Crippen LogP contribution in [0.1, 0.15) is 40.0 Å². The van der Waals surface area contributed by atoms with E-state index in [-0.39, 0.29) is 11.6 Å². The van der Waals surface area contributed by atoms with E-state index >= 15 is 0 Å². The van der Waals surface area contributed by atoms with E-state index in [1.165, 1.54) is 82.9 Å². The summed E-state index contributed by atoms with van der Waals surface area (Å²) in [5.41, 5.74) is 17.6. The molecule has 0 fully saturated rings. The molecule has 2 atom stereocenters. The molecule has 2 aliphatic carbocycles. The highest BCUT2D eigenvalue weighted by molar-refractivity contribution is 6.13. The van der Waals surface area contributed by atoms with E-state index in [1.54, 1.807) is 0 Å². The summed E-state index contributed by atoms with van der Waals surface area (Å²) in [7, 11) is 0. The average molecular weight is 534 g/mol. The maximum atomic E-state index is 2.67. The van der Waals surface area contributed by atoms with Crippen molar-refractivity contribution < 1.29 is 0 Å². The standard InChI is InChI=1S/C39H23N3/c1-4-15-29-22(10-1)23-11-2-5-16-30(23)39(29)31-17-6-3-12-24(31)27-20-28-25-13-9-14-26-36(25)40(35(28)21-32(27)39)38-37(26)41-33-18-7-8-19-34(33)42(38)41/h1-21,37-38H. The Labute approximate surface area is 241 Å². The van der Waals surface area contributed by atoms with Gasteiger partial charge in [0.1, 0.15) is 6.04 Å². The molecule has 8 aromatic rings. The van der Waals surface area contributed by atoms with E-state index < -0.39 is 0 Å². The highest BCUT2D eigenvalue weighted by Gasteiger charge is 2.53. The molecule has 0 amide bonds. The largest absolute Gasteiger partial charge is 0.315 e. The lowest BCUT2D eigenvalue weighted by Gasteiger charge is -2.47. The fourth-order valence-corrected chi connectivity index (χ4v) is 9.55. The van der Waals surface area contributed by atoms with Gasteiger partial charge in [0.25, 0.3) is 0 Å². The first kappa shape index (κ1) is 20.6. The van der Waals surface area contributed by atoms with Gasteiger partial charge in [-0.15, -0.1) is 0 Å². The van der Waals surface area contributed by atoms with Gasteiger partial charge < -0.3 is 4.57 Å². The van der Waals surface area contributed by atoms with E-state index in [1.807, 2.05) is 0 Å². The third kappa shape index (κ3) is 1.88. The number of rotatable bonds is 0. The van der Waals surface area contributed by atoms with E-state index in [4.69, 9.17) is 0 Å². The number of nitrogens with zero attached hydrogens (tertiary/aromatic N) is 3. The van der Waals surface area contributed by atoms with Crippen LogP contribution in [0.3, 0.4) is 0 Å². The van der Waals surface area contributed by atoms with Crippen molar-refractivity contribution in [2.24, 2.45) is 0 Å². The SMILES string of the molecule is c1ccc2c(c1)-c1ccccc1C21c2ccccc2-c2cc3c4cccc5c4n(c3cc21)C1C5n2c3ccccc3n21. The molecule has 0 saturated heterocycles. The maximum absolute atomic E-state index is 2.67. The number of hydrogen-bond acceptors (Lipinski definition) is 0. The lowest BCUT2D eigenvalue weighted by molar-refractivity contribution is 0.160. The van der Waals surface area contributed by atoms with Crippen LogP contribution in [-0.4, -0.2) is 13.9 Å². The quantitative estimate of drug-likeness (QED) is 0.185. The Morgan fingerprint density at radius 3 is 1.74 bits per heavy atom. The third-order valence-corrected chi connectivity index (χ3v) is 11.0. The summed E-state index contributed by atoms with van der Waals surface area (Å²) in [6.45, 7) is 0. The average Bonchev–Trinajstić information content (AvgIpc) is 3.69. The number of hydrogen-bond donors (Lipinski definition) is 0. The minimum atomic E-state index is -0.320. The van der Waals surface area contributed by atoms with Crippen LogP contribution in [0.2, 0.25) is 0 Å². The van der Waals surface area contributed by atoms with Crippen molar-refractivity contribution in [3.63, 3.8) is 0 Å². The Kier molecular flexibility index (Phi) is 3.16. The van der Waals surface area contributed by atoms with Gasteiger partial charge in [-0.1, -0.05) is 103 Å². The first-order valence-electron chi connectivity index (χ1n) is 14.9. The Balaban J connectivity index is 1.24. The molecule has 0 N–H and O–H groups in total. The Bertz CT molecular complexity index is 2510. The van der Waals surface area contributed by atoms with Gasteiger partial charge in [0.2, 0.25) is 0 Å². The molecule has 6 aromatic carbocycles. The van der Waals surface area contributed by atoms with Crippen LogP contribution in [0.5, 0.6) is 0 Å². The van der Waals surface area contributed by atoms with Crippen LogP contribution in [0.4, 0.5) is 0 Å². The summed E-state index contributed by atoms with van der Waals surface area (Å²) in [5, 5.41) is 2.74. The lowest BCUT2D eigenvalue weighted by Crippen LogP contribution is -2.46. The third-order valence-electron chi connectivity index (χ3n) is 11.0. The maximum Gasteiger partial charge on any atom is 0.152 e. The molecule has 3 heteroatoms. The van der Waals surface area contributed by atoms with E-state index in [2.05, 4.69) is 141 Å². The molecule has 2 aliphatic heterocycles. The number of para-hydroxylation sites is 3. The van der Waals surface area contributed by atoms with E-state index in [0.717, 1.165) is 0 Å². The fourth-order valence-electron chi connectivity index (χ4n) is 9.55. The second-order valence-corrected chi connectivity index (χ2v) is 12.5. The van der Waals surface area contributed by atoms with Gasteiger partial charge in [0, 0.05) is 16.3 Å². The summed E-state index contributed by atoms with van der Waals surface area (Å²) in [6.07, 6.45) is 0.276. The van der Waals surface area contributed by atoms with Gasteiger partial charge >= 0.3 is 0 Å². The monoisotopic (exact) mass is 533 g/mol. The highest BCUT2D eigenvalue weighted by atomic mass is 15.6. The summed E-state index contributed by atoms with van der Waals surface area (Å²) in [5.74, 6) is 0.